The van der Waals surface area contributed by atoms with E-state index in [-0.39, 0.29) is 0 Å². The summed E-state index contributed by atoms with van der Waals surface area (Å²) in [6.07, 6.45) is 1.03. The second-order valence-corrected chi connectivity index (χ2v) is 58.9. The number of para-hydroxylation sites is 4. The van der Waals surface area contributed by atoms with E-state index in [4.69, 9.17) is 0 Å². The molecule has 6 nitrogen and oxygen atoms in total. The number of nitrogens with zero attached hydrogens (tertiary/aromatic N) is 2. The van der Waals surface area contributed by atoms with Gasteiger partial charge < -0.3 is 28.1 Å². The van der Waals surface area contributed by atoms with E-state index in [2.05, 4.69) is 394 Å². The van der Waals surface area contributed by atoms with Crippen molar-refractivity contribution in [2.75, 3.05) is 9.80 Å². The first-order chi connectivity index (χ1) is 67.8. The highest BCUT2D eigenvalue weighted by molar-refractivity contribution is 9.10. The van der Waals surface area contributed by atoms with Gasteiger partial charge in [-0.25, -0.2) is 0 Å². The highest BCUT2D eigenvalue weighted by Gasteiger charge is 2.55. The normalized spacial score (nSPS) is 17.9. The molecule has 666 valence electrons. The Balaban J connectivity index is 0.000000153. The molecular weight excluding hydrogens is 1940 g/mol. The van der Waals surface area contributed by atoms with Crippen LogP contribution < -0.4 is 136 Å². The molecule has 4 unspecified atom stereocenters. The monoisotopic (exact) mass is 2030 g/mol. The summed E-state index contributed by atoms with van der Waals surface area (Å²) in [6, 6.07) is 183. The van der Waals surface area contributed by atoms with Gasteiger partial charge in [-0.3, -0.25) is 0 Å². The molecule has 15 heteroatoms. The maximum absolute atomic E-state index is 17.5. The molecule has 138 heavy (non-hydrogen) atoms. The Kier molecular flexibility index (Phi) is 24.1. The average molecular weight is 2030 g/mol. The predicted octanol–water partition coefficient (Wildman–Crippen LogP) is 18.4. The second-order valence-electron chi connectivity index (χ2n) is 35.1. The molecule has 0 saturated carbocycles. The molecule has 0 fully saturated rings. The Morgan fingerprint density at radius 2 is 0.384 bits per heavy atom. The first-order valence-electron chi connectivity index (χ1n) is 46.9. The van der Waals surface area contributed by atoms with E-state index in [1.807, 2.05) is 184 Å². The summed E-state index contributed by atoms with van der Waals surface area (Å²) in [4.78, 5) is 4.73. The van der Waals surface area contributed by atoms with Crippen molar-refractivity contribution in [3.05, 3.63) is 542 Å². The third kappa shape index (κ3) is 14.2. The Labute approximate surface area is 827 Å². The van der Waals surface area contributed by atoms with Gasteiger partial charge in [0.2, 0.25) is 0 Å². The summed E-state index contributed by atoms with van der Waals surface area (Å²) in [5.74, 6) is 0. The molecule has 5 heterocycles. The van der Waals surface area contributed by atoms with E-state index in [0.29, 0.717) is 53.0 Å². The van der Waals surface area contributed by atoms with Gasteiger partial charge in [-0.1, -0.05) is 470 Å². The van der Waals surface area contributed by atoms with Gasteiger partial charge in [0.05, 0.1) is 0 Å². The van der Waals surface area contributed by atoms with E-state index in [0.717, 1.165) is 60.1 Å². The number of benzene rings is 20. The standard InChI is InChI=1S/C72H52N2O2P2Si2.C25H20Si.C24H16Br2O2P2.C2H6/c75-77(55-27-7-1-8-28-55)65-49-47-54(74-63-41-21-25-45-71(63)80(59-35-15-5-16-36-59,60-37-17-6-18-38-60)72-46-26-22-42-64(72)74)52-68(65)78(76,56-29-9-2-10-30-56)66-50-48-53(51-67(66)77)73-61-39-19-23-43-69(61)79(57-31-11-3-12-32-57,58-33-13-4-14-34-58)70-44-24-20-40-62(70)73;1-3-13-22(14-4-1)26(23-15-5-2-6-16-23)24-17-9-7-11-20(24)19-21-12-8-10-18-25(21)26;25-17-12-14-22-23(15-17)29(27,19-7-3-1-4-8-19)21-13-11-18(26)16-24(21)30(22,28)20-9-5-2-6-10-20;1-2/h1-52H;1-18H,19H2;1-16H;1-2H3. The quantitative estimate of drug-likeness (QED) is 0.0896. The lowest BCUT2D eigenvalue weighted by Crippen LogP contribution is -2.77. The molecule has 0 aromatic heterocycles. The molecule has 4 atom stereocenters. The number of fused-ring (bicyclic) bond motifs is 10. The summed E-state index contributed by atoms with van der Waals surface area (Å²) >= 11 is 7.08. The largest absolute Gasteiger partial charge is 0.311 e. The van der Waals surface area contributed by atoms with Crippen LogP contribution in [0.25, 0.3) is 0 Å². The van der Waals surface area contributed by atoms with Crippen molar-refractivity contribution in [3.63, 3.8) is 0 Å². The molecule has 0 spiro atoms. The zero-order valence-corrected chi connectivity index (χ0v) is 85.7. The lowest BCUT2D eigenvalue weighted by molar-refractivity contribution is 0.589. The Hall–Kier alpha value is -13.5. The van der Waals surface area contributed by atoms with Crippen LogP contribution in [0.2, 0.25) is 0 Å². The molecule has 5 aliphatic rings. The van der Waals surface area contributed by atoms with Gasteiger partial charge in [-0.05, 0) is 177 Å². The first-order valence-corrected chi connectivity index (χ1v) is 61.3. The zero-order chi connectivity index (χ0) is 93.8. The fourth-order valence-corrected chi connectivity index (χ4v) is 53.6. The van der Waals surface area contributed by atoms with Crippen LogP contribution in [0.4, 0.5) is 34.1 Å². The van der Waals surface area contributed by atoms with Gasteiger partial charge >= 0.3 is 0 Å². The number of hydrogen-bond donors (Lipinski definition) is 0. The fourth-order valence-electron chi connectivity index (χ4n) is 22.5. The van der Waals surface area contributed by atoms with Crippen LogP contribution in [0.5, 0.6) is 0 Å². The average Bonchev–Trinajstić information content (AvgIpc) is 0.690. The minimum Gasteiger partial charge on any atom is -0.311 e. The minimum absolute atomic E-state index is 0.596. The van der Waals surface area contributed by atoms with Crippen molar-refractivity contribution >= 4 is 245 Å². The van der Waals surface area contributed by atoms with Gasteiger partial charge in [0.1, 0.15) is 0 Å². The third-order valence-corrected chi connectivity index (χ3v) is 57.1. The van der Waals surface area contributed by atoms with Crippen LogP contribution in [0.3, 0.4) is 0 Å². The van der Waals surface area contributed by atoms with E-state index in [1.165, 1.54) is 73.4 Å². The topological polar surface area (TPSA) is 74.8 Å². The number of hydrogen-bond acceptors (Lipinski definition) is 6. The van der Waals surface area contributed by atoms with Crippen molar-refractivity contribution in [2.24, 2.45) is 0 Å². The van der Waals surface area contributed by atoms with E-state index in [9.17, 15) is 9.13 Å². The van der Waals surface area contributed by atoms with Crippen molar-refractivity contribution in [2.45, 2.75) is 20.3 Å². The maximum atomic E-state index is 17.5. The molecule has 0 radical (unpaired) electrons. The van der Waals surface area contributed by atoms with Gasteiger partial charge in [0, 0.05) is 107 Å². The molecule has 0 bridgehead atoms. The third-order valence-electron chi connectivity index (χ3n) is 28.2. The second kappa shape index (κ2) is 37.1. The Morgan fingerprint density at radius 1 is 0.196 bits per heavy atom. The molecule has 20 aromatic rings. The first kappa shape index (κ1) is 89.7. The van der Waals surface area contributed by atoms with Crippen LogP contribution in [0.1, 0.15) is 25.0 Å². The van der Waals surface area contributed by atoms with Gasteiger partial charge in [0.15, 0.2) is 52.8 Å². The van der Waals surface area contributed by atoms with Crippen LogP contribution in [0.15, 0.2) is 531 Å². The van der Waals surface area contributed by atoms with E-state index >= 15 is 9.13 Å². The smallest absolute Gasteiger partial charge is 0.184 e. The summed E-state index contributed by atoms with van der Waals surface area (Å²) in [7, 11) is -22.2. The SMILES string of the molecule is CC.O=P1(c2ccccc2)c2ccc(Br)cc2P(=O)(c2ccccc2)c2ccc(Br)cc21.O=P1(c2ccccc2)c2ccc(N3c4ccccc4[Si](c4ccccc4)(c4ccccc4)c4ccccc43)cc2P(=O)(c2ccccc2)c2ccc(N3c4ccccc4[Si](c4ccccc4)(c4ccccc4)c4ccccc43)cc21.c1ccc([Si]2(c3ccccc3)c3ccccc3Cc3ccccc32)cc1. The van der Waals surface area contributed by atoms with Crippen molar-refractivity contribution < 1.29 is 18.3 Å². The molecule has 20 aromatic carbocycles. The minimum atomic E-state index is -3.81. The maximum Gasteiger partial charge on any atom is 0.184 e. The Morgan fingerprint density at radius 3 is 0.630 bits per heavy atom. The summed E-state index contributed by atoms with van der Waals surface area (Å²) < 4.78 is 66.5. The van der Waals surface area contributed by atoms with Crippen LogP contribution in [0, 0.1) is 0 Å². The number of rotatable bonds is 12. The number of anilines is 6. The van der Waals surface area contributed by atoms with Crippen LogP contribution in [-0.2, 0) is 24.7 Å². The summed E-state index contributed by atoms with van der Waals surface area (Å²) in [5, 5.41) is 24.1. The van der Waals surface area contributed by atoms with Crippen molar-refractivity contribution in [3.8, 4) is 0 Å². The van der Waals surface area contributed by atoms with E-state index < -0.39 is 52.8 Å². The zero-order valence-electron chi connectivity index (χ0n) is 75.9. The van der Waals surface area contributed by atoms with Gasteiger partial charge in [-0.2, -0.15) is 0 Å². The summed E-state index contributed by atoms with van der Waals surface area (Å²) in [6.45, 7) is 4.00. The summed E-state index contributed by atoms with van der Waals surface area (Å²) in [5.41, 5.74) is 8.95. The van der Waals surface area contributed by atoms with Crippen LogP contribution in [-0.4, -0.2) is 24.2 Å². The Bertz CT molecular complexity index is 7550. The van der Waals surface area contributed by atoms with Gasteiger partial charge in [0.25, 0.3) is 0 Å². The lowest BCUT2D eigenvalue weighted by atomic mass is 10.0. The predicted molar refractivity (Wildman–Crippen MR) is 601 cm³/mol. The highest BCUT2D eigenvalue weighted by Crippen LogP contribution is 2.58. The molecule has 5 aliphatic heterocycles. The lowest BCUT2D eigenvalue weighted by Gasteiger charge is -2.45. The number of halogens is 2. The molecule has 25 rings (SSSR count). The highest BCUT2D eigenvalue weighted by atomic mass is 79.9. The molecule has 0 amide bonds. The van der Waals surface area contributed by atoms with E-state index in [1.54, 1.807) is 0 Å². The molecular formula is C123H94Br2N2O4P4Si3. The fraction of sp³-hybridized carbons (Fsp3) is 0.0244. The van der Waals surface area contributed by atoms with Crippen LogP contribution >= 0.6 is 60.4 Å². The van der Waals surface area contributed by atoms with Crippen molar-refractivity contribution in [1.82, 2.24) is 0 Å². The molecule has 0 N–H and O–H groups in total. The van der Waals surface area contributed by atoms with Crippen molar-refractivity contribution in [1.29, 1.82) is 0 Å². The van der Waals surface area contributed by atoms with Gasteiger partial charge in [-0.15, -0.1) is 0 Å². The molecule has 0 saturated heterocycles. The molecule has 0 aliphatic carbocycles.